The molecule has 37 heavy (non-hydrogen) atoms. The number of amides is 3. The third-order valence-corrected chi connectivity index (χ3v) is 6.92. The molecule has 11 heteroatoms. The topological polar surface area (TPSA) is 146 Å². The van der Waals surface area contributed by atoms with Gasteiger partial charge in [-0.25, -0.2) is 9.78 Å². The van der Waals surface area contributed by atoms with Gasteiger partial charge in [0.2, 0.25) is 11.7 Å². The van der Waals surface area contributed by atoms with Gasteiger partial charge >= 0.3 is 6.09 Å². The molecule has 0 spiro atoms. The highest BCUT2D eigenvalue weighted by Crippen LogP contribution is 2.38. The molecular weight excluding hydrogens is 498 g/mol. The lowest BCUT2D eigenvalue weighted by Crippen LogP contribution is -2.49. The molecule has 1 saturated carbocycles. The number of carbonyl (C=O) groups is 3. The number of hydrogen-bond donors (Lipinski definition) is 4. The second-order valence-electron chi connectivity index (χ2n) is 10.4. The molecule has 1 atom stereocenters. The minimum atomic E-state index is -1.04. The molecule has 1 aliphatic rings. The summed E-state index contributed by atoms with van der Waals surface area (Å²) in [6.45, 7) is 6.03. The zero-order valence-electron chi connectivity index (χ0n) is 20.9. The second kappa shape index (κ2) is 10.8. The number of nitrogens with zero attached hydrogens (tertiary/aromatic N) is 2. The summed E-state index contributed by atoms with van der Waals surface area (Å²) >= 11 is 5.87. The summed E-state index contributed by atoms with van der Waals surface area (Å²) in [5, 5.41) is 17.9. The number of nitrogens with one attached hydrogen (secondary N) is 3. The standard InChI is InChI=1S/C26H30ClN5O5/c1-26(2,3)22(32-25(35)36)14-6-8-15(9-7-14)23(33)31-20-19-17(5-4-12-28-19)37-21(20)24(34)30-18-11-10-16(27)13-29-18/h4-5,10-15,22,32H,6-9H2,1-3H3,(H,31,33)(H,35,36)(H,29,30,34). The van der Waals surface area contributed by atoms with Gasteiger partial charge in [-0.15, -0.1) is 0 Å². The molecule has 0 radical (unpaired) electrons. The summed E-state index contributed by atoms with van der Waals surface area (Å²) in [5.74, 6) is -0.773. The van der Waals surface area contributed by atoms with E-state index in [4.69, 9.17) is 16.0 Å². The van der Waals surface area contributed by atoms with Crippen LogP contribution in [0.3, 0.4) is 0 Å². The zero-order chi connectivity index (χ0) is 26.7. The Balaban J connectivity index is 1.49. The minimum absolute atomic E-state index is 0.0778. The van der Waals surface area contributed by atoms with E-state index < -0.39 is 12.0 Å². The Morgan fingerprint density at radius 2 is 1.81 bits per heavy atom. The Hall–Kier alpha value is -3.66. The van der Waals surface area contributed by atoms with Gasteiger partial charge in [-0.3, -0.25) is 14.6 Å². The van der Waals surface area contributed by atoms with Crippen molar-refractivity contribution in [2.45, 2.75) is 52.5 Å². The SMILES string of the molecule is CC(C)(C)C(NC(=O)O)C1CCC(C(=O)Nc2c(C(=O)Nc3ccc(Cl)cn3)oc3cccnc23)CC1. The zero-order valence-corrected chi connectivity index (χ0v) is 21.6. The first-order chi connectivity index (χ1) is 17.5. The molecule has 0 aromatic carbocycles. The molecule has 3 aromatic rings. The van der Waals surface area contributed by atoms with Crippen LogP contribution in [0, 0.1) is 17.3 Å². The molecule has 1 unspecified atom stereocenters. The quantitative estimate of drug-likeness (QED) is 0.328. The summed E-state index contributed by atoms with van der Waals surface area (Å²) in [7, 11) is 0. The molecular formula is C26H30ClN5O5. The molecule has 1 fully saturated rings. The van der Waals surface area contributed by atoms with Crippen LogP contribution in [0.5, 0.6) is 0 Å². The fraction of sp³-hybridized carbons (Fsp3) is 0.423. The lowest BCUT2D eigenvalue weighted by atomic mass is 9.70. The largest absolute Gasteiger partial charge is 0.465 e. The van der Waals surface area contributed by atoms with Gasteiger partial charge in [0, 0.05) is 24.4 Å². The fourth-order valence-electron chi connectivity index (χ4n) is 4.94. The lowest BCUT2D eigenvalue weighted by Gasteiger charge is -2.40. The molecule has 0 saturated heterocycles. The van der Waals surface area contributed by atoms with E-state index in [1.807, 2.05) is 20.8 Å². The average molecular weight is 528 g/mol. The molecule has 3 amide bonds. The number of fused-ring (bicyclic) bond motifs is 1. The van der Waals surface area contributed by atoms with E-state index in [9.17, 15) is 19.5 Å². The molecule has 0 aliphatic heterocycles. The van der Waals surface area contributed by atoms with Crippen LogP contribution in [0.4, 0.5) is 16.3 Å². The van der Waals surface area contributed by atoms with Crippen LogP contribution in [0.15, 0.2) is 41.1 Å². The summed E-state index contributed by atoms with van der Waals surface area (Å²) in [6, 6.07) is 6.29. The van der Waals surface area contributed by atoms with E-state index >= 15 is 0 Å². The summed E-state index contributed by atoms with van der Waals surface area (Å²) in [6.07, 6.45) is 4.54. The maximum Gasteiger partial charge on any atom is 0.404 e. The van der Waals surface area contributed by atoms with Crippen molar-refractivity contribution < 1.29 is 23.9 Å². The molecule has 3 heterocycles. The molecule has 196 valence electrons. The molecule has 10 nitrogen and oxygen atoms in total. The Morgan fingerprint density at radius 3 is 2.43 bits per heavy atom. The Bertz CT molecular complexity index is 1290. The number of carbonyl (C=O) groups excluding carboxylic acids is 2. The molecule has 3 aromatic heterocycles. The van der Waals surface area contributed by atoms with E-state index in [-0.39, 0.29) is 46.5 Å². The molecule has 4 N–H and O–H groups in total. The van der Waals surface area contributed by atoms with Crippen LogP contribution < -0.4 is 16.0 Å². The van der Waals surface area contributed by atoms with Gasteiger partial charge in [0.15, 0.2) is 5.58 Å². The van der Waals surface area contributed by atoms with Crippen molar-refractivity contribution in [3.63, 3.8) is 0 Å². The van der Waals surface area contributed by atoms with Gasteiger partial charge in [-0.1, -0.05) is 32.4 Å². The van der Waals surface area contributed by atoms with Crippen molar-refractivity contribution in [3.05, 3.63) is 47.4 Å². The van der Waals surface area contributed by atoms with Crippen LogP contribution in [0.1, 0.15) is 57.0 Å². The normalized spacial score (nSPS) is 18.7. The maximum absolute atomic E-state index is 13.3. The average Bonchev–Trinajstić information content (AvgIpc) is 3.22. The van der Waals surface area contributed by atoms with Crippen molar-refractivity contribution in [1.29, 1.82) is 0 Å². The predicted molar refractivity (Wildman–Crippen MR) is 140 cm³/mol. The smallest absolute Gasteiger partial charge is 0.404 e. The number of halogens is 1. The van der Waals surface area contributed by atoms with Crippen LogP contribution in [-0.2, 0) is 4.79 Å². The van der Waals surface area contributed by atoms with E-state index in [1.54, 1.807) is 30.5 Å². The number of furan rings is 1. The first-order valence-corrected chi connectivity index (χ1v) is 12.5. The highest BCUT2D eigenvalue weighted by atomic mass is 35.5. The van der Waals surface area contributed by atoms with Crippen molar-refractivity contribution in [2.75, 3.05) is 10.6 Å². The first kappa shape index (κ1) is 26.4. The van der Waals surface area contributed by atoms with Gasteiger partial charge < -0.3 is 25.5 Å². The Morgan fingerprint density at radius 1 is 1.08 bits per heavy atom. The van der Waals surface area contributed by atoms with Crippen LogP contribution >= 0.6 is 11.6 Å². The summed E-state index contributed by atoms with van der Waals surface area (Å²) in [4.78, 5) is 46.0. The highest BCUT2D eigenvalue weighted by Gasteiger charge is 2.37. The molecule has 1 aliphatic carbocycles. The van der Waals surface area contributed by atoms with Gasteiger partial charge in [-0.05, 0) is 61.3 Å². The third-order valence-electron chi connectivity index (χ3n) is 6.70. The van der Waals surface area contributed by atoms with Crippen molar-refractivity contribution in [3.8, 4) is 0 Å². The van der Waals surface area contributed by atoms with Crippen LogP contribution in [-0.4, -0.2) is 39.0 Å². The summed E-state index contributed by atoms with van der Waals surface area (Å²) < 4.78 is 5.76. The van der Waals surface area contributed by atoms with E-state index in [1.165, 1.54) is 6.20 Å². The van der Waals surface area contributed by atoms with E-state index in [0.29, 0.717) is 41.8 Å². The fourth-order valence-corrected chi connectivity index (χ4v) is 5.05. The Kier molecular flexibility index (Phi) is 7.68. The second-order valence-corrected chi connectivity index (χ2v) is 10.8. The van der Waals surface area contributed by atoms with Crippen LogP contribution in [0.2, 0.25) is 5.02 Å². The van der Waals surface area contributed by atoms with Crippen molar-refractivity contribution in [1.82, 2.24) is 15.3 Å². The summed E-state index contributed by atoms with van der Waals surface area (Å²) in [5.41, 5.74) is 0.691. The van der Waals surface area contributed by atoms with Crippen LogP contribution in [0.25, 0.3) is 11.1 Å². The monoisotopic (exact) mass is 527 g/mol. The van der Waals surface area contributed by atoms with E-state index in [0.717, 1.165) is 0 Å². The maximum atomic E-state index is 13.3. The Labute approximate surface area is 219 Å². The number of aromatic nitrogens is 2. The number of anilines is 2. The highest BCUT2D eigenvalue weighted by molar-refractivity contribution is 6.30. The van der Waals surface area contributed by atoms with Gasteiger partial charge in [0.25, 0.3) is 5.91 Å². The van der Waals surface area contributed by atoms with Crippen molar-refractivity contribution >= 4 is 52.1 Å². The van der Waals surface area contributed by atoms with Gasteiger partial charge in [-0.2, -0.15) is 0 Å². The minimum Gasteiger partial charge on any atom is -0.465 e. The molecule has 0 bridgehead atoms. The lowest BCUT2D eigenvalue weighted by molar-refractivity contribution is -0.121. The number of hydrogen-bond acceptors (Lipinski definition) is 6. The predicted octanol–water partition coefficient (Wildman–Crippen LogP) is 5.56. The van der Waals surface area contributed by atoms with Gasteiger partial charge in [0.1, 0.15) is 17.0 Å². The molecule has 4 rings (SSSR count). The number of pyridine rings is 2. The number of carboxylic acid groups (broad SMARTS) is 1. The van der Waals surface area contributed by atoms with Gasteiger partial charge in [0.05, 0.1) is 5.02 Å². The first-order valence-electron chi connectivity index (χ1n) is 12.1. The van der Waals surface area contributed by atoms with Crippen molar-refractivity contribution in [2.24, 2.45) is 17.3 Å². The third kappa shape index (κ3) is 6.19. The van der Waals surface area contributed by atoms with E-state index in [2.05, 4.69) is 25.9 Å². The number of rotatable bonds is 6.